The first-order chi connectivity index (χ1) is 6.18. The smallest absolute Gasteiger partial charge is 0.0987 e. The fourth-order valence-corrected chi connectivity index (χ4v) is 2.77. The average Bonchev–Trinajstić information content (AvgIpc) is 2.27. The first-order valence-electron chi connectivity index (χ1n) is 4.86. The maximum absolute atomic E-state index is 4.63. The molecule has 13 heavy (non-hydrogen) atoms. The molecule has 3 heteroatoms. The van der Waals surface area contributed by atoms with Crippen molar-refractivity contribution >= 4 is 11.3 Å². The molecule has 1 fully saturated rings. The van der Waals surface area contributed by atoms with Gasteiger partial charge in [-0.3, -0.25) is 0 Å². The quantitative estimate of drug-likeness (QED) is 0.785. The Morgan fingerprint density at radius 2 is 2.15 bits per heavy atom. The molecule has 0 bridgehead atoms. The van der Waals surface area contributed by atoms with Crippen molar-refractivity contribution in [3.05, 3.63) is 15.6 Å². The molecular weight excluding hydrogens is 180 g/mol. The van der Waals surface area contributed by atoms with Crippen molar-refractivity contribution in [2.45, 2.75) is 32.6 Å². The van der Waals surface area contributed by atoms with Crippen molar-refractivity contribution in [1.82, 2.24) is 10.3 Å². The average molecular weight is 196 g/mol. The topological polar surface area (TPSA) is 24.9 Å². The van der Waals surface area contributed by atoms with E-state index in [0.717, 1.165) is 13.1 Å². The Bertz CT molecular complexity index is 300. The Hall–Kier alpha value is -0.410. The number of aromatic nitrogens is 1. The molecule has 0 unspecified atom stereocenters. The third-order valence-corrected chi connectivity index (χ3v) is 4.12. The molecule has 2 rings (SSSR count). The van der Waals surface area contributed by atoms with Crippen LogP contribution in [0.3, 0.4) is 0 Å². The van der Waals surface area contributed by atoms with Crippen LogP contribution in [0.15, 0.2) is 0 Å². The van der Waals surface area contributed by atoms with E-state index in [2.05, 4.69) is 31.1 Å². The van der Waals surface area contributed by atoms with E-state index < -0.39 is 0 Å². The van der Waals surface area contributed by atoms with E-state index in [4.69, 9.17) is 0 Å². The van der Waals surface area contributed by atoms with E-state index in [0.29, 0.717) is 11.8 Å². The fourth-order valence-electron chi connectivity index (χ4n) is 1.60. The largest absolute Gasteiger partial charge is 0.315 e. The van der Waals surface area contributed by atoms with Gasteiger partial charge in [0.2, 0.25) is 0 Å². The van der Waals surface area contributed by atoms with Crippen LogP contribution in [0, 0.1) is 6.92 Å². The van der Waals surface area contributed by atoms with Crippen LogP contribution in [0.4, 0.5) is 0 Å². The molecule has 0 radical (unpaired) electrons. The maximum Gasteiger partial charge on any atom is 0.0987 e. The van der Waals surface area contributed by atoms with E-state index in [1.165, 1.54) is 15.6 Å². The molecule has 1 aromatic rings. The second-order valence-corrected chi connectivity index (χ2v) is 5.07. The van der Waals surface area contributed by atoms with Crippen LogP contribution in [0.25, 0.3) is 0 Å². The molecule has 0 amide bonds. The second-order valence-electron chi connectivity index (χ2n) is 4.01. The molecule has 2 nitrogen and oxygen atoms in total. The highest BCUT2D eigenvalue weighted by molar-refractivity contribution is 7.12. The van der Waals surface area contributed by atoms with E-state index in [1.54, 1.807) is 0 Å². The molecule has 1 aliphatic heterocycles. The summed E-state index contributed by atoms with van der Waals surface area (Å²) in [4.78, 5) is 6.09. The Balaban J connectivity index is 2.23. The summed E-state index contributed by atoms with van der Waals surface area (Å²) in [5.41, 5.74) is 1.24. The van der Waals surface area contributed by atoms with Crippen LogP contribution in [0.5, 0.6) is 0 Å². The molecule has 1 N–H and O–H groups in total. The van der Waals surface area contributed by atoms with Crippen LogP contribution < -0.4 is 5.32 Å². The fraction of sp³-hybridized carbons (Fsp3) is 0.700. The molecule has 0 aromatic carbocycles. The highest BCUT2D eigenvalue weighted by Gasteiger charge is 2.23. The van der Waals surface area contributed by atoms with Gasteiger partial charge in [-0.2, -0.15) is 0 Å². The molecule has 0 spiro atoms. The summed E-state index contributed by atoms with van der Waals surface area (Å²) in [5, 5.41) is 4.62. The molecule has 0 aliphatic carbocycles. The van der Waals surface area contributed by atoms with Crippen LogP contribution in [-0.4, -0.2) is 18.1 Å². The summed E-state index contributed by atoms with van der Waals surface area (Å²) < 4.78 is 0. The predicted octanol–water partition coefficient (Wildman–Crippen LogP) is 2.26. The number of aryl methyl sites for hydroxylation is 1. The predicted molar refractivity (Wildman–Crippen MR) is 56.6 cm³/mol. The molecule has 0 atom stereocenters. The molecule has 1 aliphatic rings. The van der Waals surface area contributed by atoms with Gasteiger partial charge < -0.3 is 5.32 Å². The Morgan fingerprint density at radius 3 is 2.54 bits per heavy atom. The van der Waals surface area contributed by atoms with Gasteiger partial charge in [-0.05, 0) is 12.8 Å². The lowest BCUT2D eigenvalue weighted by Gasteiger charge is -2.24. The number of rotatable bonds is 2. The van der Waals surface area contributed by atoms with E-state index >= 15 is 0 Å². The molecule has 0 saturated carbocycles. The normalized spacial score (nSPS) is 17.8. The zero-order valence-electron chi connectivity index (χ0n) is 8.42. The highest BCUT2D eigenvalue weighted by atomic mass is 32.1. The van der Waals surface area contributed by atoms with Crippen molar-refractivity contribution in [3.63, 3.8) is 0 Å². The van der Waals surface area contributed by atoms with Crippen LogP contribution in [-0.2, 0) is 0 Å². The van der Waals surface area contributed by atoms with Gasteiger partial charge in [-0.1, -0.05) is 13.8 Å². The van der Waals surface area contributed by atoms with Gasteiger partial charge in [0.25, 0.3) is 0 Å². The zero-order valence-corrected chi connectivity index (χ0v) is 9.24. The number of thiazole rings is 1. The van der Waals surface area contributed by atoms with E-state index in [9.17, 15) is 0 Å². The lowest BCUT2D eigenvalue weighted by molar-refractivity contribution is 0.446. The van der Waals surface area contributed by atoms with Gasteiger partial charge in [0.05, 0.1) is 10.7 Å². The monoisotopic (exact) mass is 196 g/mol. The van der Waals surface area contributed by atoms with Crippen molar-refractivity contribution in [3.8, 4) is 0 Å². The van der Waals surface area contributed by atoms with Crippen LogP contribution in [0.2, 0.25) is 0 Å². The van der Waals surface area contributed by atoms with Crippen molar-refractivity contribution in [2.24, 2.45) is 0 Å². The van der Waals surface area contributed by atoms with E-state index in [-0.39, 0.29) is 0 Å². The van der Waals surface area contributed by atoms with Gasteiger partial charge in [0.1, 0.15) is 0 Å². The Morgan fingerprint density at radius 1 is 1.46 bits per heavy atom. The second kappa shape index (κ2) is 3.39. The van der Waals surface area contributed by atoms with Gasteiger partial charge in [-0.15, -0.1) is 11.3 Å². The summed E-state index contributed by atoms with van der Waals surface area (Å²) in [6.07, 6.45) is 0. The Labute approximate surface area is 83.4 Å². The Kier molecular flexibility index (Phi) is 2.39. The third kappa shape index (κ3) is 1.63. The first-order valence-corrected chi connectivity index (χ1v) is 5.68. The third-order valence-electron chi connectivity index (χ3n) is 2.50. The summed E-state index contributed by atoms with van der Waals surface area (Å²) in [7, 11) is 0. The minimum absolute atomic E-state index is 0.624. The minimum Gasteiger partial charge on any atom is -0.315 e. The van der Waals surface area contributed by atoms with Gasteiger partial charge in [0, 0.05) is 23.9 Å². The van der Waals surface area contributed by atoms with Crippen molar-refractivity contribution in [2.75, 3.05) is 13.1 Å². The highest BCUT2D eigenvalue weighted by Crippen LogP contribution is 2.31. The SMILES string of the molecule is Cc1nc(C2CNC2)sc1C(C)C. The summed E-state index contributed by atoms with van der Waals surface area (Å²) in [6.45, 7) is 8.84. The van der Waals surface area contributed by atoms with Crippen LogP contribution in [0.1, 0.15) is 41.3 Å². The molecule has 1 saturated heterocycles. The van der Waals surface area contributed by atoms with Gasteiger partial charge in [0.15, 0.2) is 0 Å². The number of nitrogens with zero attached hydrogens (tertiary/aromatic N) is 1. The lowest BCUT2D eigenvalue weighted by Crippen LogP contribution is -2.39. The minimum atomic E-state index is 0.624. The molecule has 72 valence electrons. The van der Waals surface area contributed by atoms with E-state index in [1.807, 2.05) is 11.3 Å². The molecule has 2 heterocycles. The standard InChI is InChI=1S/C10H16N2S/c1-6(2)9-7(3)12-10(13-9)8-4-11-5-8/h6,8,11H,4-5H2,1-3H3. The number of nitrogens with one attached hydrogen (secondary N) is 1. The number of hydrogen-bond donors (Lipinski definition) is 1. The van der Waals surface area contributed by atoms with Gasteiger partial charge in [-0.25, -0.2) is 4.98 Å². The number of hydrogen-bond acceptors (Lipinski definition) is 3. The summed E-state index contributed by atoms with van der Waals surface area (Å²) >= 11 is 1.90. The van der Waals surface area contributed by atoms with Crippen molar-refractivity contribution < 1.29 is 0 Å². The first kappa shape index (κ1) is 9.16. The summed E-state index contributed by atoms with van der Waals surface area (Å²) in [6, 6.07) is 0. The van der Waals surface area contributed by atoms with Gasteiger partial charge >= 0.3 is 0 Å². The molecule has 1 aromatic heterocycles. The lowest BCUT2D eigenvalue weighted by atomic mass is 10.1. The van der Waals surface area contributed by atoms with Crippen molar-refractivity contribution in [1.29, 1.82) is 0 Å². The summed E-state index contributed by atoms with van der Waals surface area (Å²) in [5.74, 6) is 1.32. The van der Waals surface area contributed by atoms with Crippen LogP contribution >= 0.6 is 11.3 Å². The zero-order chi connectivity index (χ0) is 9.42. The maximum atomic E-state index is 4.63. The molecular formula is C10H16N2S.